The molecule has 1 N–H and O–H groups in total. The zero-order valence-corrected chi connectivity index (χ0v) is 23.3. The molecule has 0 amide bonds. The Labute approximate surface area is 230 Å². The fraction of sp³-hybridized carbons (Fsp3) is 0.536. The molecule has 0 bridgehead atoms. The van der Waals surface area contributed by atoms with Gasteiger partial charge in [0.1, 0.15) is 22.5 Å². The zero-order valence-electron chi connectivity index (χ0n) is 22.5. The number of halogens is 2. The molecule has 6 rings (SSSR count). The van der Waals surface area contributed by atoms with E-state index >= 15 is 0 Å². The van der Waals surface area contributed by atoms with Crippen LogP contribution in [-0.4, -0.2) is 62.0 Å². The van der Waals surface area contributed by atoms with Crippen molar-refractivity contribution in [3.63, 3.8) is 0 Å². The maximum atomic E-state index is 13.7. The molecule has 1 aliphatic carbocycles. The molecule has 2 aromatic heterocycles. The Morgan fingerprint density at radius 2 is 1.64 bits per heavy atom. The van der Waals surface area contributed by atoms with Gasteiger partial charge in [-0.25, -0.2) is 22.7 Å². The molecule has 2 aliphatic heterocycles. The molecule has 1 spiro atoms. The predicted octanol–water partition coefficient (Wildman–Crippen LogP) is 5.35. The van der Waals surface area contributed by atoms with Gasteiger partial charge in [-0.2, -0.15) is 0 Å². The standard InChI is InChI=1S/C28H35F2N7OS/c1-3-39(38)33-21-4-5-22(24(18-21)35-12-8-27(6-7-27)9-13-35)23-19-37(34-32-23)26-17-20(2)16-25(31-26)36-14-10-28(29,30)11-15-36/h4-5,16-19,33H,3,6-15H2,1-2H3. The van der Waals surface area contributed by atoms with Crippen molar-refractivity contribution in [2.75, 3.05) is 46.5 Å². The summed E-state index contributed by atoms with van der Waals surface area (Å²) in [5.41, 5.74) is 5.10. The number of nitrogens with zero attached hydrogens (tertiary/aromatic N) is 6. The maximum absolute atomic E-state index is 13.7. The van der Waals surface area contributed by atoms with E-state index in [1.54, 1.807) is 4.68 Å². The number of hydrogen-bond donors (Lipinski definition) is 1. The number of aromatic nitrogens is 4. The van der Waals surface area contributed by atoms with E-state index in [0.717, 1.165) is 41.3 Å². The molecule has 3 aromatic rings. The highest BCUT2D eigenvalue weighted by molar-refractivity contribution is 7.86. The zero-order chi connectivity index (χ0) is 27.2. The number of hydrogen-bond acceptors (Lipinski definition) is 6. The van der Waals surface area contributed by atoms with Crippen LogP contribution < -0.4 is 14.5 Å². The van der Waals surface area contributed by atoms with Crippen molar-refractivity contribution in [1.29, 1.82) is 0 Å². The van der Waals surface area contributed by atoms with Gasteiger partial charge < -0.3 is 14.5 Å². The molecule has 3 fully saturated rings. The SMILES string of the molecule is CCS(=O)Nc1ccc(-c2cn(-c3cc(C)cc(N4CCC(F)(F)CC4)n3)nn2)c(N2CCC3(CC2)CC3)c1. The molecule has 8 nitrogen and oxygen atoms in total. The number of alkyl halides is 2. The lowest BCUT2D eigenvalue weighted by Gasteiger charge is -2.35. The van der Waals surface area contributed by atoms with Gasteiger partial charge in [-0.1, -0.05) is 12.1 Å². The van der Waals surface area contributed by atoms with Crippen LogP contribution in [0.25, 0.3) is 17.1 Å². The normalized spacial score (nSPS) is 20.7. The van der Waals surface area contributed by atoms with E-state index in [1.165, 1.54) is 25.7 Å². The van der Waals surface area contributed by atoms with Gasteiger partial charge in [-0.3, -0.25) is 0 Å². The summed E-state index contributed by atoms with van der Waals surface area (Å²) >= 11 is 0. The van der Waals surface area contributed by atoms with Crippen LogP contribution in [0, 0.1) is 12.3 Å². The quantitative estimate of drug-likeness (QED) is 0.424. The van der Waals surface area contributed by atoms with Gasteiger partial charge in [-0.05, 0) is 73.9 Å². The topological polar surface area (TPSA) is 79.2 Å². The van der Waals surface area contributed by atoms with Crippen molar-refractivity contribution >= 4 is 28.2 Å². The van der Waals surface area contributed by atoms with E-state index in [0.29, 0.717) is 22.8 Å². The third-order valence-electron chi connectivity index (χ3n) is 8.38. The first-order valence-corrected chi connectivity index (χ1v) is 15.1. The van der Waals surface area contributed by atoms with E-state index in [9.17, 15) is 13.0 Å². The van der Waals surface area contributed by atoms with Crippen LogP contribution in [0.3, 0.4) is 0 Å². The molecule has 39 heavy (non-hydrogen) atoms. The van der Waals surface area contributed by atoms with Crippen LogP contribution >= 0.6 is 0 Å². The summed E-state index contributed by atoms with van der Waals surface area (Å²) in [6.07, 6.45) is 6.60. The third-order valence-corrected chi connectivity index (χ3v) is 9.37. The molecular weight excluding hydrogens is 520 g/mol. The van der Waals surface area contributed by atoms with Crippen LogP contribution in [0.5, 0.6) is 0 Å². The molecule has 1 aromatic carbocycles. The molecule has 1 saturated carbocycles. The molecule has 0 radical (unpaired) electrons. The van der Waals surface area contributed by atoms with Crippen molar-refractivity contribution in [2.45, 2.75) is 58.3 Å². The summed E-state index contributed by atoms with van der Waals surface area (Å²) in [6, 6.07) is 9.88. The number of rotatable bonds is 7. The average Bonchev–Trinajstić information content (AvgIpc) is 3.48. The lowest BCUT2D eigenvalue weighted by Crippen LogP contribution is -2.39. The number of aryl methyl sites for hydroxylation is 1. The van der Waals surface area contributed by atoms with Gasteiger partial charge in [0, 0.05) is 61.7 Å². The van der Waals surface area contributed by atoms with E-state index < -0.39 is 16.9 Å². The fourth-order valence-corrected chi connectivity index (χ4v) is 6.18. The lowest BCUT2D eigenvalue weighted by atomic mass is 9.93. The molecule has 208 valence electrons. The fourth-order valence-electron chi connectivity index (χ4n) is 5.65. The Balaban J connectivity index is 1.29. The molecule has 1 unspecified atom stereocenters. The molecule has 4 heterocycles. The number of pyridine rings is 1. The largest absolute Gasteiger partial charge is 0.371 e. The summed E-state index contributed by atoms with van der Waals surface area (Å²) in [5, 5.41) is 8.91. The summed E-state index contributed by atoms with van der Waals surface area (Å²) in [5.74, 6) is -0.789. The van der Waals surface area contributed by atoms with Crippen molar-refractivity contribution < 1.29 is 13.0 Å². The summed E-state index contributed by atoms with van der Waals surface area (Å²) in [6.45, 7) is 6.38. The second-order valence-electron chi connectivity index (χ2n) is 11.2. The minimum atomic E-state index is -2.61. The molecule has 2 saturated heterocycles. The third kappa shape index (κ3) is 5.64. The monoisotopic (exact) mass is 555 g/mol. The number of nitrogens with one attached hydrogen (secondary N) is 1. The van der Waals surface area contributed by atoms with Gasteiger partial charge >= 0.3 is 0 Å². The molecule has 3 aliphatic rings. The van der Waals surface area contributed by atoms with Crippen LogP contribution in [-0.2, 0) is 11.0 Å². The van der Waals surface area contributed by atoms with Crippen LogP contribution in [0.15, 0.2) is 36.5 Å². The second-order valence-corrected chi connectivity index (χ2v) is 12.7. The Hall–Kier alpha value is -3.08. The Morgan fingerprint density at radius 3 is 2.33 bits per heavy atom. The van der Waals surface area contributed by atoms with Gasteiger partial charge in [0.05, 0.1) is 6.20 Å². The van der Waals surface area contributed by atoms with Crippen molar-refractivity contribution in [3.05, 3.63) is 42.1 Å². The number of anilines is 3. The minimum absolute atomic E-state index is 0.164. The van der Waals surface area contributed by atoms with E-state index in [4.69, 9.17) is 4.98 Å². The predicted molar refractivity (Wildman–Crippen MR) is 151 cm³/mol. The second kappa shape index (κ2) is 10.1. The maximum Gasteiger partial charge on any atom is 0.251 e. The number of benzene rings is 1. The van der Waals surface area contributed by atoms with E-state index in [-0.39, 0.29) is 25.9 Å². The first-order valence-electron chi connectivity index (χ1n) is 13.8. The van der Waals surface area contributed by atoms with Crippen molar-refractivity contribution in [2.24, 2.45) is 5.41 Å². The molecular formula is C28H35F2N7OS. The summed E-state index contributed by atoms with van der Waals surface area (Å²) in [7, 11) is -1.13. The average molecular weight is 556 g/mol. The van der Waals surface area contributed by atoms with Crippen LogP contribution in [0.2, 0.25) is 0 Å². The first-order chi connectivity index (χ1) is 18.7. The Morgan fingerprint density at radius 1 is 0.949 bits per heavy atom. The van der Waals surface area contributed by atoms with Crippen LogP contribution in [0.1, 0.15) is 51.0 Å². The summed E-state index contributed by atoms with van der Waals surface area (Å²) in [4.78, 5) is 9.09. The Bertz CT molecular complexity index is 1370. The van der Waals surface area contributed by atoms with Crippen molar-refractivity contribution in [1.82, 2.24) is 20.0 Å². The molecule has 1 atom stereocenters. The summed E-state index contributed by atoms with van der Waals surface area (Å²) < 4.78 is 44.4. The lowest BCUT2D eigenvalue weighted by molar-refractivity contribution is -0.0221. The van der Waals surface area contributed by atoms with Gasteiger partial charge in [0.2, 0.25) is 0 Å². The smallest absolute Gasteiger partial charge is 0.251 e. The van der Waals surface area contributed by atoms with Gasteiger partial charge in [0.25, 0.3) is 5.92 Å². The van der Waals surface area contributed by atoms with Crippen molar-refractivity contribution in [3.8, 4) is 17.1 Å². The van der Waals surface area contributed by atoms with E-state index in [2.05, 4.69) is 26.0 Å². The number of piperidine rings is 2. The highest BCUT2D eigenvalue weighted by Gasteiger charge is 2.44. The highest BCUT2D eigenvalue weighted by Crippen LogP contribution is 2.54. The molecule has 11 heteroatoms. The van der Waals surface area contributed by atoms with Crippen LogP contribution in [0.4, 0.5) is 26.0 Å². The van der Waals surface area contributed by atoms with Gasteiger partial charge in [-0.15, -0.1) is 5.10 Å². The highest BCUT2D eigenvalue weighted by atomic mass is 32.2. The Kier molecular flexibility index (Phi) is 6.81. The van der Waals surface area contributed by atoms with E-state index in [1.807, 2.05) is 49.2 Å². The first kappa shape index (κ1) is 26.2. The minimum Gasteiger partial charge on any atom is -0.371 e. The van der Waals surface area contributed by atoms with Gasteiger partial charge in [0.15, 0.2) is 5.82 Å².